The molecule has 1 rings (SSSR count). The van der Waals surface area contributed by atoms with E-state index in [-0.39, 0.29) is 11.5 Å². The number of hydrogen-bond donors (Lipinski definition) is 2. The van der Waals surface area contributed by atoms with Crippen LogP contribution < -0.4 is 10.6 Å². The molecule has 5 nitrogen and oxygen atoms in total. The third-order valence-electron chi connectivity index (χ3n) is 2.29. The maximum Gasteiger partial charge on any atom is 0.263 e. The van der Waals surface area contributed by atoms with Gasteiger partial charge in [0.05, 0.1) is 12.2 Å². The van der Waals surface area contributed by atoms with Crippen molar-refractivity contribution in [1.82, 2.24) is 15.6 Å². The molecule has 19 heavy (non-hydrogen) atoms. The molecular weight excluding hydrogens is 240 g/mol. The van der Waals surface area contributed by atoms with Crippen molar-refractivity contribution >= 4 is 5.91 Å². The number of aromatic nitrogens is 1. The van der Waals surface area contributed by atoms with Crippen molar-refractivity contribution in [2.45, 2.75) is 20.4 Å². The van der Waals surface area contributed by atoms with Gasteiger partial charge in [-0.1, -0.05) is 19.9 Å². The summed E-state index contributed by atoms with van der Waals surface area (Å²) in [4.78, 5) is 15.8. The number of amides is 1. The van der Waals surface area contributed by atoms with Crippen molar-refractivity contribution < 1.29 is 4.79 Å². The van der Waals surface area contributed by atoms with Crippen LogP contribution in [0.3, 0.4) is 0 Å². The normalized spacial score (nSPS) is 10.9. The number of pyridine rings is 1. The van der Waals surface area contributed by atoms with Gasteiger partial charge in [0.2, 0.25) is 0 Å². The van der Waals surface area contributed by atoms with E-state index in [1.165, 1.54) is 6.20 Å². The maximum atomic E-state index is 11.7. The Bertz CT molecular complexity index is 474. The van der Waals surface area contributed by atoms with Crippen LogP contribution in [0, 0.1) is 17.2 Å². The first-order valence-corrected chi connectivity index (χ1v) is 6.15. The Morgan fingerprint density at radius 3 is 2.89 bits per heavy atom. The number of nitrogens with zero attached hydrogens (tertiary/aromatic N) is 2. The summed E-state index contributed by atoms with van der Waals surface area (Å²) >= 11 is 0. The molecule has 0 fully saturated rings. The van der Waals surface area contributed by atoms with Crippen LogP contribution >= 0.6 is 0 Å². The lowest BCUT2D eigenvalue weighted by molar-refractivity contribution is -0.117. The minimum Gasteiger partial charge on any atom is -0.384 e. The van der Waals surface area contributed by atoms with Crippen LogP contribution in [0.25, 0.3) is 0 Å². The Balaban J connectivity index is 2.48. The summed E-state index contributed by atoms with van der Waals surface area (Å²) in [6, 6.07) is 7.46. The molecule has 0 spiro atoms. The fraction of sp³-hybridized carbons (Fsp3) is 0.357. The zero-order valence-corrected chi connectivity index (χ0v) is 11.2. The molecule has 0 atom stereocenters. The first kappa shape index (κ1) is 14.7. The van der Waals surface area contributed by atoms with Crippen LogP contribution in [0.5, 0.6) is 0 Å². The van der Waals surface area contributed by atoms with E-state index >= 15 is 0 Å². The third-order valence-corrected chi connectivity index (χ3v) is 2.29. The first-order chi connectivity index (χ1) is 9.13. The number of nitrogens with one attached hydrogen (secondary N) is 2. The molecule has 5 heteroatoms. The molecule has 0 bridgehead atoms. The molecule has 0 saturated carbocycles. The molecule has 2 N–H and O–H groups in total. The second kappa shape index (κ2) is 7.88. The molecule has 0 aromatic carbocycles. The summed E-state index contributed by atoms with van der Waals surface area (Å²) in [5.41, 5.74) is 0.912. The predicted octanol–water partition coefficient (Wildman–Crippen LogP) is 1.35. The minimum absolute atomic E-state index is 0.0663. The third kappa shape index (κ3) is 5.68. The zero-order valence-electron chi connectivity index (χ0n) is 11.2. The van der Waals surface area contributed by atoms with Gasteiger partial charge in [-0.15, -0.1) is 0 Å². The lowest BCUT2D eigenvalue weighted by Gasteiger charge is -2.07. The van der Waals surface area contributed by atoms with Gasteiger partial charge in [0, 0.05) is 18.9 Å². The Morgan fingerprint density at radius 2 is 2.32 bits per heavy atom. The Kier molecular flexibility index (Phi) is 6.10. The van der Waals surface area contributed by atoms with Crippen LogP contribution in [0.1, 0.15) is 19.5 Å². The largest absolute Gasteiger partial charge is 0.384 e. The van der Waals surface area contributed by atoms with Crippen molar-refractivity contribution in [2.75, 3.05) is 6.54 Å². The Morgan fingerprint density at radius 1 is 1.53 bits per heavy atom. The van der Waals surface area contributed by atoms with Crippen LogP contribution in [0.15, 0.2) is 36.2 Å². The smallest absolute Gasteiger partial charge is 0.263 e. The zero-order chi connectivity index (χ0) is 14.1. The standard InChI is InChI=1S/C14H18N4O/c1-11(2)8-18-14(19)12(7-15)9-16-10-13-5-3-4-6-17-13/h3-6,9,11,16H,8,10H2,1-2H3,(H,18,19)/b12-9-. The number of carbonyl (C=O) groups excluding carboxylic acids is 1. The average Bonchev–Trinajstić information content (AvgIpc) is 2.42. The van der Waals surface area contributed by atoms with Gasteiger partial charge in [0.1, 0.15) is 11.6 Å². The van der Waals surface area contributed by atoms with Gasteiger partial charge in [-0.2, -0.15) is 5.26 Å². The van der Waals surface area contributed by atoms with E-state index in [9.17, 15) is 4.79 Å². The van der Waals surface area contributed by atoms with Crippen molar-refractivity contribution in [1.29, 1.82) is 5.26 Å². The van der Waals surface area contributed by atoms with Gasteiger partial charge in [-0.3, -0.25) is 9.78 Å². The average molecular weight is 258 g/mol. The molecular formula is C14H18N4O. The topological polar surface area (TPSA) is 77.8 Å². The minimum atomic E-state index is -0.357. The molecule has 0 aliphatic carbocycles. The van der Waals surface area contributed by atoms with Gasteiger partial charge in [0.25, 0.3) is 5.91 Å². The molecule has 1 heterocycles. The first-order valence-electron chi connectivity index (χ1n) is 6.15. The van der Waals surface area contributed by atoms with Crippen LogP contribution in [0.4, 0.5) is 0 Å². The van der Waals surface area contributed by atoms with E-state index in [0.717, 1.165) is 5.69 Å². The predicted molar refractivity (Wildman–Crippen MR) is 72.6 cm³/mol. The van der Waals surface area contributed by atoms with Crippen LogP contribution in [-0.4, -0.2) is 17.4 Å². The molecule has 0 radical (unpaired) electrons. The van der Waals surface area contributed by atoms with Crippen molar-refractivity contribution in [3.8, 4) is 6.07 Å². The highest BCUT2D eigenvalue weighted by Gasteiger charge is 2.08. The van der Waals surface area contributed by atoms with E-state index in [4.69, 9.17) is 5.26 Å². The molecule has 0 saturated heterocycles. The molecule has 0 aliphatic heterocycles. The monoisotopic (exact) mass is 258 g/mol. The van der Waals surface area contributed by atoms with Gasteiger partial charge in [-0.25, -0.2) is 0 Å². The fourth-order valence-electron chi connectivity index (χ4n) is 1.30. The van der Waals surface area contributed by atoms with E-state index in [0.29, 0.717) is 19.0 Å². The summed E-state index contributed by atoms with van der Waals surface area (Å²) in [5.74, 6) is -0.00454. The van der Waals surface area contributed by atoms with Crippen molar-refractivity contribution in [2.24, 2.45) is 5.92 Å². The van der Waals surface area contributed by atoms with E-state index < -0.39 is 0 Å². The fourth-order valence-corrected chi connectivity index (χ4v) is 1.30. The van der Waals surface area contributed by atoms with Gasteiger partial charge < -0.3 is 10.6 Å². The summed E-state index contributed by atoms with van der Waals surface area (Å²) < 4.78 is 0. The molecule has 1 aromatic rings. The highest BCUT2D eigenvalue weighted by molar-refractivity contribution is 5.97. The van der Waals surface area contributed by atoms with E-state index in [1.54, 1.807) is 6.20 Å². The Hall–Kier alpha value is -2.35. The summed E-state index contributed by atoms with van der Waals surface area (Å²) in [7, 11) is 0. The number of carbonyl (C=O) groups is 1. The van der Waals surface area contributed by atoms with Gasteiger partial charge >= 0.3 is 0 Å². The van der Waals surface area contributed by atoms with Crippen LogP contribution in [0.2, 0.25) is 0 Å². The lowest BCUT2D eigenvalue weighted by atomic mass is 10.2. The number of hydrogen-bond acceptors (Lipinski definition) is 4. The summed E-state index contributed by atoms with van der Waals surface area (Å²) in [5, 5.41) is 14.5. The number of rotatable bonds is 6. The summed E-state index contributed by atoms with van der Waals surface area (Å²) in [6.45, 7) is 5.02. The molecule has 0 aliphatic rings. The second-order valence-electron chi connectivity index (χ2n) is 4.48. The van der Waals surface area contributed by atoms with Gasteiger partial charge in [0.15, 0.2) is 0 Å². The lowest BCUT2D eigenvalue weighted by Crippen LogP contribution is -2.29. The summed E-state index contributed by atoms with van der Waals surface area (Å²) in [6.07, 6.45) is 3.12. The molecule has 1 amide bonds. The van der Waals surface area contributed by atoms with E-state index in [1.807, 2.05) is 38.1 Å². The van der Waals surface area contributed by atoms with Crippen molar-refractivity contribution in [3.63, 3.8) is 0 Å². The van der Waals surface area contributed by atoms with Crippen LogP contribution in [-0.2, 0) is 11.3 Å². The van der Waals surface area contributed by atoms with Gasteiger partial charge in [-0.05, 0) is 18.1 Å². The highest BCUT2D eigenvalue weighted by Crippen LogP contribution is 1.95. The van der Waals surface area contributed by atoms with Crippen molar-refractivity contribution in [3.05, 3.63) is 41.9 Å². The maximum absolute atomic E-state index is 11.7. The SMILES string of the molecule is CC(C)CNC(=O)/C(C#N)=C\NCc1ccccn1. The molecule has 100 valence electrons. The number of nitriles is 1. The molecule has 1 aromatic heterocycles. The highest BCUT2D eigenvalue weighted by atomic mass is 16.1. The Labute approximate surface area is 113 Å². The molecule has 0 unspecified atom stereocenters. The van der Waals surface area contributed by atoms with E-state index in [2.05, 4.69) is 15.6 Å². The quantitative estimate of drug-likeness (QED) is 0.596. The second-order valence-corrected chi connectivity index (χ2v) is 4.48.